The molecule has 0 aliphatic carbocycles. The number of nitrogens with one attached hydrogen (secondary N) is 1. The highest BCUT2D eigenvalue weighted by atomic mass is 35.5. The van der Waals surface area contributed by atoms with E-state index in [4.69, 9.17) is 11.6 Å². The van der Waals surface area contributed by atoms with Crippen molar-refractivity contribution in [1.82, 2.24) is 19.6 Å². The molecule has 3 heterocycles. The number of fused-ring (bicyclic) bond motifs is 1. The van der Waals surface area contributed by atoms with Gasteiger partial charge in [0.05, 0.1) is 17.3 Å². The van der Waals surface area contributed by atoms with E-state index in [2.05, 4.69) is 27.1 Å². The lowest BCUT2D eigenvalue weighted by atomic mass is 10.0. The van der Waals surface area contributed by atoms with Crippen molar-refractivity contribution in [3.63, 3.8) is 0 Å². The second kappa shape index (κ2) is 6.57. The van der Waals surface area contributed by atoms with Crippen LogP contribution in [0, 0.1) is 5.92 Å². The Morgan fingerprint density at radius 3 is 3.09 bits per heavy atom. The van der Waals surface area contributed by atoms with Crippen molar-refractivity contribution in [2.24, 2.45) is 10.9 Å². The van der Waals surface area contributed by atoms with Gasteiger partial charge in [-0.1, -0.05) is 18.5 Å². The molecule has 0 radical (unpaired) electrons. The lowest BCUT2D eigenvalue weighted by Crippen LogP contribution is -2.45. The number of likely N-dealkylation sites (tertiary alicyclic amines) is 1. The quantitative estimate of drug-likeness (QED) is 0.684. The zero-order valence-electron chi connectivity index (χ0n) is 13.1. The Morgan fingerprint density at radius 2 is 2.32 bits per heavy atom. The van der Waals surface area contributed by atoms with Crippen molar-refractivity contribution >= 4 is 23.2 Å². The van der Waals surface area contributed by atoms with Crippen LogP contribution >= 0.6 is 11.6 Å². The van der Waals surface area contributed by atoms with Crippen LogP contribution in [0.3, 0.4) is 0 Å². The zero-order chi connectivity index (χ0) is 15.5. The molecule has 0 saturated carbocycles. The average Bonchev–Trinajstić information content (AvgIpc) is 2.90. The molecule has 1 unspecified atom stereocenters. The van der Waals surface area contributed by atoms with E-state index in [9.17, 15) is 0 Å². The molecular weight excluding hydrogens is 298 g/mol. The van der Waals surface area contributed by atoms with Gasteiger partial charge in [-0.05, 0) is 30.9 Å². The van der Waals surface area contributed by atoms with Crippen molar-refractivity contribution in [2.75, 3.05) is 20.1 Å². The van der Waals surface area contributed by atoms with Gasteiger partial charge in [0.1, 0.15) is 5.65 Å². The minimum Gasteiger partial charge on any atom is -0.351 e. The normalized spacial score (nSPS) is 19.7. The minimum atomic E-state index is 0.664. The topological polar surface area (TPSA) is 44.9 Å². The number of pyridine rings is 1. The van der Waals surface area contributed by atoms with Crippen molar-refractivity contribution in [3.05, 3.63) is 35.2 Å². The molecule has 3 rings (SSSR count). The van der Waals surface area contributed by atoms with Crippen LogP contribution in [0.2, 0.25) is 5.02 Å². The lowest BCUT2D eigenvalue weighted by Gasteiger charge is -2.33. The summed E-state index contributed by atoms with van der Waals surface area (Å²) in [5.41, 5.74) is 1.89. The monoisotopic (exact) mass is 319 g/mol. The van der Waals surface area contributed by atoms with E-state index in [0.29, 0.717) is 11.6 Å². The van der Waals surface area contributed by atoms with Crippen LogP contribution in [-0.4, -0.2) is 40.4 Å². The molecule has 1 atom stereocenters. The number of nitrogens with zero attached hydrogens (tertiary/aromatic N) is 4. The van der Waals surface area contributed by atoms with Crippen LogP contribution in [-0.2, 0) is 6.54 Å². The number of halogens is 1. The predicted molar refractivity (Wildman–Crippen MR) is 90.4 cm³/mol. The van der Waals surface area contributed by atoms with Crippen molar-refractivity contribution in [1.29, 1.82) is 0 Å². The molecule has 0 spiro atoms. The number of imidazole rings is 1. The first-order chi connectivity index (χ1) is 10.7. The second-order valence-electron chi connectivity index (χ2n) is 5.94. The van der Waals surface area contributed by atoms with Gasteiger partial charge in [0, 0.05) is 32.5 Å². The van der Waals surface area contributed by atoms with E-state index >= 15 is 0 Å². The Labute approximate surface area is 136 Å². The van der Waals surface area contributed by atoms with E-state index in [0.717, 1.165) is 36.3 Å². The van der Waals surface area contributed by atoms with Gasteiger partial charge < -0.3 is 14.6 Å². The fraction of sp³-hybridized carbons (Fsp3) is 0.500. The summed E-state index contributed by atoms with van der Waals surface area (Å²) in [4.78, 5) is 11.3. The summed E-state index contributed by atoms with van der Waals surface area (Å²) in [6, 6.07) is 3.78. The number of guanidine groups is 1. The second-order valence-corrected chi connectivity index (χ2v) is 6.38. The fourth-order valence-electron chi connectivity index (χ4n) is 2.99. The highest BCUT2D eigenvalue weighted by Gasteiger charge is 2.19. The summed E-state index contributed by atoms with van der Waals surface area (Å²) in [6.45, 7) is 5.10. The molecule has 22 heavy (non-hydrogen) atoms. The summed E-state index contributed by atoms with van der Waals surface area (Å²) >= 11 is 6.00. The first-order valence-electron chi connectivity index (χ1n) is 7.74. The Bertz CT molecular complexity index is 678. The van der Waals surface area contributed by atoms with E-state index in [1.807, 2.05) is 36.0 Å². The van der Waals surface area contributed by atoms with Crippen LogP contribution in [0.25, 0.3) is 5.65 Å². The van der Waals surface area contributed by atoms with E-state index in [-0.39, 0.29) is 0 Å². The highest BCUT2D eigenvalue weighted by Crippen LogP contribution is 2.16. The number of hydrogen-bond donors (Lipinski definition) is 1. The molecule has 1 fully saturated rings. The zero-order valence-corrected chi connectivity index (χ0v) is 13.8. The van der Waals surface area contributed by atoms with E-state index < -0.39 is 0 Å². The van der Waals surface area contributed by atoms with Crippen LogP contribution in [0.5, 0.6) is 0 Å². The first kappa shape index (κ1) is 15.2. The minimum absolute atomic E-state index is 0.664. The maximum Gasteiger partial charge on any atom is 0.193 e. The Hall–Kier alpha value is -1.75. The van der Waals surface area contributed by atoms with Crippen molar-refractivity contribution in [2.45, 2.75) is 26.3 Å². The molecule has 1 aliphatic rings. The summed E-state index contributed by atoms with van der Waals surface area (Å²) in [6.07, 6.45) is 6.41. The molecular formula is C16H22ClN5. The van der Waals surface area contributed by atoms with Crippen LogP contribution in [0.15, 0.2) is 29.5 Å². The van der Waals surface area contributed by atoms with E-state index in [1.165, 1.54) is 12.8 Å². The molecule has 5 nitrogen and oxygen atoms in total. The molecule has 2 aromatic rings. The largest absolute Gasteiger partial charge is 0.351 e. The van der Waals surface area contributed by atoms with Crippen LogP contribution in [0.4, 0.5) is 0 Å². The average molecular weight is 320 g/mol. The van der Waals surface area contributed by atoms with Gasteiger partial charge in [-0.3, -0.25) is 4.99 Å². The molecule has 0 aromatic carbocycles. The van der Waals surface area contributed by atoms with Crippen molar-refractivity contribution in [3.8, 4) is 0 Å². The molecule has 2 aromatic heterocycles. The maximum absolute atomic E-state index is 6.00. The Morgan fingerprint density at radius 1 is 1.45 bits per heavy atom. The van der Waals surface area contributed by atoms with E-state index in [1.54, 1.807) is 0 Å². The molecule has 6 heteroatoms. The third-order valence-corrected chi connectivity index (χ3v) is 4.28. The van der Waals surface area contributed by atoms with Gasteiger partial charge in [-0.2, -0.15) is 0 Å². The van der Waals surface area contributed by atoms with Gasteiger partial charge in [0.15, 0.2) is 5.96 Å². The molecule has 1 aliphatic heterocycles. The number of piperidine rings is 1. The lowest BCUT2D eigenvalue weighted by molar-refractivity contribution is 0.266. The Balaban J connectivity index is 1.66. The summed E-state index contributed by atoms with van der Waals surface area (Å²) in [5.74, 6) is 1.69. The summed E-state index contributed by atoms with van der Waals surface area (Å²) in [5, 5.41) is 4.13. The molecule has 0 amide bonds. The van der Waals surface area contributed by atoms with Gasteiger partial charge in [-0.15, -0.1) is 0 Å². The maximum atomic E-state index is 6.00. The Kier molecular flexibility index (Phi) is 4.52. The first-order valence-corrected chi connectivity index (χ1v) is 8.12. The highest BCUT2D eigenvalue weighted by molar-refractivity contribution is 6.30. The summed E-state index contributed by atoms with van der Waals surface area (Å²) in [7, 11) is 1.84. The molecule has 1 N–H and O–H groups in total. The predicted octanol–water partition coefficient (Wildman–Crippen LogP) is 2.80. The standard InChI is InChI=1S/C16H22ClN5/c1-12-4-3-7-21(9-12)16(18-2)19-8-14-11-22-10-13(17)5-6-15(22)20-14/h5-6,10-12H,3-4,7-9H2,1-2H3,(H,18,19). The van der Waals surface area contributed by atoms with Gasteiger partial charge in [0.2, 0.25) is 0 Å². The molecule has 118 valence electrons. The number of hydrogen-bond acceptors (Lipinski definition) is 2. The van der Waals surface area contributed by atoms with Crippen LogP contribution < -0.4 is 5.32 Å². The van der Waals surface area contributed by atoms with Gasteiger partial charge in [-0.25, -0.2) is 4.98 Å². The number of aliphatic imine (C=N–C) groups is 1. The SMILES string of the molecule is CN=C(NCc1cn2cc(Cl)ccc2n1)N1CCCC(C)C1. The molecule has 0 bridgehead atoms. The number of rotatable bonds is 2. The number of aromatic nitrogens is 2. The smallest absolute Gasteiger partial charge is 0.193 e. The van der Waals surface area contributed by atoms with Gasteiger partial charge in [0.25, 0.3) is 0 Å². The summed E-state index contributed by atoms with van der Waals surface area (Å²) < 4.78 is 1.95. The third kappa shape index (κ3) is 3.35. The van der Waals surface area contributed by atoms with Crippen LogP contribution in [0.1, 0.15) is 25.5 Å². The van der Waals surface area contributed by atoms with Crippen molar-refractivity contribution < 1.29 is 0 Å². The van der Waals surface area contributed by atoms with Gasteiger partial charge >= 0.3 is 0 Å². The third-order valence-electron chi connectivity index (χ3n) is 4.06. The molecule has 1 saturated heterocycles. The fourth-order valence-corrected chi connectivity index (χ4v) is 3.15.